The zero-order valence-corrected chi connectivity index (χ0v) is 25.8. The molecule has 4 nitrogen and oxygen atoms in total. The van der Waals surface area contributed by atoms with Crippen LogP contribution in [0.25, 0.3) is 99.4 Å². The van der Waals surface area contributed by atoms with Crippen molar-refractivity contribution in [2.75, 3.05) is 0 Å². The zero-order chi connectivity index (χ0) is 31.3. The Labute approximate surface area is 275 Å². The van der Waals surface area contributed by atoms with Gasteiger partial charge in [0.2, 0.25) is 0 Å². The average Bonchev–Trinajstić information content (AvgIpc) is 3.78. The largest absolute Gasteiger partial charge is 0.309 e. The summed E-state index contributed by atoms with van der Waals surface area (Å²) in [6.07, 6.45) is 3.86. The fourth-order valence-electron chi connectivity index (χ4n) is 8.07. The van der Waals surface area contributed by atoms with Crippen molar-refractivity contribution in [1.29, 1.82) is 0 Å². The van der Waals surface area contributed by atoms with Gasteiger partial charge in [0.1, 0.15) is 5.82 Å². The maximum absolute atomic E-state index is 5.31. The van der Waals surface area contributed by atoms with Crippen LogP contribution in [-0.2, 0) is 0 Å². The lowest BCUT2D eigenvalue weighted by Gasteiger charge is -2.11. The van der Waals surface area contributed by atoms with E-state index in [-0.39, 0.29) is 0 Å². The van der Waals surface area contributed by atoms with E-state index in [2.05, 4.69) is 160 Å². The molecule has 11 rings (SSSR count). The highest BCUT2D eigenvalue weighted by Gasteiger charge is 2.24. The molecule has 0 atom stereocenters. The number of aromatic nitrogens is 4. The van der Waals surface area contributed by atoms with Crippen LogP contribution in [0.3, 0.4) is 0 Å². The molecule has 0 N–H and O–H groups in total. The Morgan fingerprint density at radius 1 is 0.417 bits per heavy atom. The van der Waals surface area contributed by atoms with Crippen molar-refractivity contribution in [3.63, 3.8) is 0 Å². The van der Waals surface area contributed by atoms with Crippen LogP contribution in [0.5, 0.6) is 0 Å². The van der Waals surface area contributed by atoms with Crippen LogP contribution in [-0.4, -0.2) is 19.1 Å². The van der Waals surface area contributed by atoms with Crippen molar-refractivity contribution >= 4 is 54.5 Å². The first kappa shape index (κ1) is 25.6. The minimum Gasteiger partial charge on any atom is -0.309 e. The predicted molar refractivity (Wildman–Crippen MR) is 198 cm³/mol. The molecule has 0 unspecified atom stereocenters. The molecule has 0 saturated carbocycles. The number of fused-ring (bicyclic) bond motifs is 9. The molecular weight excluding hydrogens is 585 g/mol. The molecule has 222 valence electrons. The van der Waals surface area contributed by atoms with Crippen molar-refractivity contribution in [2.24, 2.45) is 0 Å². The number of pyridine rings is 2. The lowest BCUT2D eigenvalue weighted by molar-refractivity contribution is 1.10. The Morgan fingerprint density at radius 3 is 2.00 bits per heavy atom. The van der Waals surface area contributed by atoms with E-state index in [0.29, 0.717) is 0 Å². The van der Waals surface area contributed by atoms with Crippen molar-refractivity contribution in [3.05, 3.63) is 158 Å². The molecular formula is C44H26N4. The SMILES string of the molecule is c1ccc(-n2c3ccccc3c3cc(-c4ccc5c6ccccc6n(-c6cc7c8c(cccc8n6)-c6cnccc6-7)c5c4)ccc32)cc1. The van der Waals surface area contributed by atoms with E-state index in [1.807, 2.05) is 12.4 Å². The molecule has 1 aliphatic rings. The Hall–Kier alpha value is -6.52. The second-order valence-corrected chi connectivity index (χ2v) is 12.7. The molecule has 0 amide bonds. The van der Waals surface area contributed by atoms with Crippen LogP contribution in [0.4, 0.5) is 0 Å². The van der Waals surface area contributed by atoms with Crippen LogP contribution >= 0.6 is 0 Å². The topological polar surface area (TPSA) is 35.6 Å². The van der Waals surface area contributed by atoms with Crippen LogP contribution in [0.1, 0.15) is 0 Å². The summed E-state index contributed by atoms with van der Waals surface area (Å²) in [7, 11) is 0. The first-order valence-electron chi connectivity index (χ1n) is 16.3. The fraction of sp³-hybridized carbons (Fsp3) is 0. The third kappa shape index (κ3) is 3.43. The smallest absolute Gasteiger partial charge is 0.138 e. The number of nitrogens with zero attached hydrogens (tertiary/aromatic N) is 4. The molecule has 0 fully saturated rings. The van der Waals surface area contributed by atoms with Gasteiger partial charge in [-0.25, -0.2) is 4.98 Å². The van der Waals surface area contributed by atoms with Crippen LogP contribution < -0.4 is 0 Å². The molecule has 0 spiro atoms. The Bertz CT molecular complexity index is 2950. The summed E-state index contributed by atoms with van der Waals surface area (Å²) in [5.41, 5.74) is 14.0. The summed E-state index contributed by atoms with van der Waals surface area (Å²) in [4.78, 5) is 9.76. The van der Waals surface area contributed by atoms with E-state index in [1.54, 1.807) is 0 Å². The first-order chi connectivity index (χ1) is 23.8. The zero-order valence-electron chi connectivity index (χ0n) is 25.8. The molecule has 4 heterocycles. The Balaban J connectivity index is 1.15. The van der Waals surface area contributed by atoms with Crippen LogP contribution in [0, 0.1) is 0 Å². The summed E-state index contributed by atoms with van der Waals surface area (Å²) in [6.45, 7) is 0. The molecule has 4 aromatic heterocycles. The minimum atomic E-state index is 0.920. The molecule has 0 radical (unpaired) electrons. The van der Waals surface area contributed by atoms with Crippen LogP contribution in [0.15, 0.2) is 158 Å². The second-order valence-electron chi connectivity index (χ2n) is 12.7. The van der Waals surface area contributed by atoms with Crippen molar-refractivity contribution < 1.29 is 0 Å². The van der Waals surface area contributed by atoms with Gasteiger partial charge in [-0.1, -0.05) is 84.9 Å². The first-order valence-corrected chi connectivity index (χ1v) is 16.3. The van der Waals surface area contributed by atoms with Gasteiger partial charge in [-0.2, -0.15) is 0 Å². The van der Waals surface area contributed by atoms with Gasteiger partial charge in [0.05, 0.1) is 27.6 Å². The summed E-state index contributed by atoms with van der Waals surface area (Å²) >= 11 is 0. The van der Waals surface area contributed by atoms with E-state index >= 15 is 0 Å². The normalized spacial score (nSPS) is 12.2. The Morgan fingerprint density at radius 2 is 1.12 bits per heavy atom. The van der Waals surface area contributed by atoms with Crippen molar-refractivity contribution in [2.45, 2.75) is 0 Å². The quantitative estimate of drug-likeness (QED) is 0.199. The molecule has 6 aromatic carbocycles. The van der Waals surface area contributed by atoms with Gasteiger partial charge in [-0.05, 0) is 88.5 Å². The summed E-state index contributed by atoms with van der Waals surface area (Å²) in [5.74, 6) is 0.920. The third-order valence-electron chi connectivity index (χ3n) is 10.1. The molecule has 4 heteroatoms. The lowest BCUT2D eigenvalue weighted by Crippen LogP contribution is -1.98. The van der Waals surface area contributed by atoms with Gasteiger partial charge < -0.3 is 4.57 Å². The van der Waals surface area contributed by atoms with E-state index in [1.165, 1.54) is 77.0 Å². The molecule has 0 bridgehead atoms. The fourth-order valence-corrected chi connectivity index (χ4v) is 8.07. The monoisotopic (exact) mass is 610 g/mol. The molecule has 1 aliphatic carbocycles. The number of hydrogen-bond acceptors (Lipinski definition) is 2. The van der Waals surface area contributed by atoms with E-state index in [9.17, 15) is 0 Å². The van der Waals surface area contributed by atoms with E-state index in [4.69, 9.17) is 4.98 Å². The summed E-state index contributed by atoms with van der Waals surface area (Å²) in [5, 5.41) is 6.14. The number of para-hydroxylation sites is 3. The number of benzene rings is 6. The predicted octanol–water partition coefficient (Wildman–Crippen LogP) is 11.1. The Kier molecular flexibility index (Phi) is 5.08. The van der Waals surface area contributed by atoms with Gasteiger partial charge in [-0.15, -0.1) is 0 Å². The summed E-state index contributed by atoms with van der Waals surface area (Å²) in [6, 6.07) is 52.6. The van der Waals surface area contributed by atoms with E-state index < -0.39 is 0 Å². The highest BCUT2D eigenvalue weighted by Crippen LogP contribution is 2.47. The third-order valence-corrected chi connectivity index (χ3v) is 10.1. The van der Waals surface area contributed by atoms with Gasteiger partial charge in [0.15, 0.2) is 0 Å². The lowest BCUT2D eigenvalue weighted by atomic mass is 10.0. The van der Waals surface area contributed by atoms with Crippen molar-refractivity contribution in [3.8, 4) is 44.9 Å². The second kappa shape index (κ2) is 9.50. The maximum Gasteiger partial charge on any atom is 0.138 e. The van der Waals surface area contributed by atoms with Crippen LogP contribution in [0.2, 0.25) is 0 Å². The number of rotatable bonds is 3. The molecule has 10 aromatic rings. The van der Waals surface area contributed by atoms with Gasteiger partial charge in [0.25, 0.3) is 0 Å². The van der Waals surface area contributed by atoms with Crippen molar-refractivity contribution in [1.82, 2.24) is 19.1 Å². The summed E-state index contributed by atoms with van der Waals surface area (Å²) < 4.78 is 4.71. The highest BCUT2D eigenvalue weighted by atomic mass is 15.1. The van der Waals surface area contributed by atoms with E-state index in [0.717, 1.165) is 22.4 Å². The minimum absolute atomic E-state index is 0.920. The van der Waals surface area contributed by atoms with Gasteiger partial charge in [0, 0.05) is 50.6 Å². The molecule has 48 heavy (non-hydrogen) atoms. The van der Waals surface area contributed by atoms with Gasteiger partial charge in [-0.3, -0.25) is 9.55 Å². The molecule has 0 aliphatic heterocycles. The maximum atomic E-state index is 5.31. The van der Waals surface area contributed by atoms with Gasteiger partial charge >= 0.3 is 0 Å². The average molecular weight is 611 g/mol. The standard InChI is InChI=1S/C44H26N4/c1-2-9-29(10-3-1)47-39-15-6-5-12-32(39)35-23-27(18-20-41(35)47)28-17-19-33-31-11-4-7-16-40(31)48(42(33)24-28)43-25-36-30-21-22-45-26-37(30)34-13-8-14-38(46-43)44(34)36/h1-26H. The molecule has 0 saturated heterocycles. The highest BCUT2D eigenvalue weighted by molar-refractivity contribution is 6.16. The number of hydrogen-bond donors (Lipinski definition) is 0.